The van der Waals surface area contributed by atoms with E-state index in [1.165, 1.54) is 16.6 Å². The number of hydrogen-bond acceptors (Lipinski definition) is 2. The molecule has 1 N–H and O–H groups in total. The van der Waals surface area contributed by atoms with Gasteiger partial charge in [-0.25, -0.2) is 0 Å². The van der Waals surface area contributed by atoms with Gasteiger partial charge in [-0.05, 0) is 67.5 Å². The van der Waals surface area contributed by atoms with E-state index in [0.29, 0.717) is 5.92 Å². The minimum absolute atomic E-state index is 0.678. The van der Waals surface area contributed by atoms with Crippen LogP contribution in [0.25, 0.3) is 0 Å². The summed E-state index contributed by atoms with van der Waals surface area (Å²) in [6.45, 7) is 14.2. The van der Waals surface area contributed by atoms with Gasteiger partial charge in [0.25, 0.3) is 0 Å². The molecule has 0 aliphatic rings. The van der Waals surface area contributed by atoms with Gasteiger partial charge in [-0.1, -0.05) is 20.8 Å². The largest absolute Gasteiger partial charge is 0.316 e. The lowest BCUT2D eigenvalue weighted by molar-refractivity contribution is 0.460. The van der Waals surface area contributed by atoms with Crippen molar-refractivity contribution < 1.29 is 0 Å². The number of aryl methyl sites for hydroxylation is 2. The smallest absolute Gasteiger partial charge is 0.0738 e. The summed E-state index contributed by atoms with van der Waals surface area (Å²) in [5.41, 5.74) is 2.44. The van der Waals surface area contributed by atoms with Crippen molar-refractivity contribution in [3.8, 4) is 0 Å². The Morgan fingerprint density at radius 2 is 2.00 bits per heavy atom. The van der Waals surface area contributed by atoms with Gasteiger partial charge in [0.05, 0.1) is 15.9 Å². The second-order valence-corrected chi connectivity index (χ2v) is 6.65. The molecule has 0 saturated heterocycles. The Morgan fingerprint density at radius 3 is 2.58 bits per heavy atom. The van der Waals surface area contributed by atoms with Crippen molar-refractivity contribution in [1.29, 1.82) is 0 Å². The molecule has 0 amide bonds. The van der Waals surface area contributed by atoms with Crippen molar-refractivity contribution in [2.75, 3.05) is 13.1 Å². The maximum Gasteiger partial charge on any atom is 0.0738 e. The molecule has 0 bridgehead atoms. The van der Waals surface area contributed by atoms with Crippen molar-refractivity contribution in [3.63, 3.8) is 0 Å². The minimum Gasteiger partial charge on any atom is -0.316 e. The average Bonchev–Trinajstić information content (AvgIpc) is 2.62. The Morgan fingerprint density at radius 1 is 1.32 bits per heavy atom. The Balaban J connectivity index is 2.46. The third-order valence-corrected chi connectivity index (χ3v) is 4.39. The SMILES string of the molecule is CCn1nc(C)c(Br)c1CC(C)CCNCC(C)C. The van der Waals surface area contributed by atoms with Gasteiger partial charge in [0.1, 0.15) is 0 Å². The third-order valence-electron chi connectivity index (χ3n) is 3.36. The fourth-order valence-electron chi connectivity index (χ4n) is 2.24. The average molecular weight is 330 g/mol. The van der Waals surface area contributed by atoms with Crippen LogP contribution < -0.4 is 5.32 Å². The van der Waals surface area contributed by atoms with Crippen molar-refractivity contribution in [2.24, 2.45) is 11.8 Å². The number of rotatable bonds is 8. The first-order chi connectivity index (χ1) is 8.95. The molecular formula is C15H28BrN3. The molecule has 0 spiro atoms. The monoisotopic (exact) mass is 329 g/mol. The van der Waals surface area contributed by atoms with Crippen LogP contribution in [-0.4, -0.2) is 22.9 Å². The van der Waals surface area contributed by atoms with E-state index in [4.69, 9.17) is 0 Å². The van der Waals surface area contributed by atoms with Crippen LogP contribution in [0.4, 0.5) is 0 Å². The lowest BCUT2D eigenvalue weighted by Crippen LogP contribution is -2.22. The Kier molecular flexibility index (Phi) is 7.08. The number of halogens is 1. The highest BCUT2D eigenvalue weighted by Crippen LogP contribution is 2.24. The molecule has 0 saturated carbocycles. The van der Waals surface area contributed by atoms with E-state index in [2.05, 4.69) is 65.6 Å². The predicted octanol–water partition coefficient (Wildman–Crippen LogP) is 3.79. The quantitative estimate of drug-likeness (QED) is 0.735. The van der Waals surface area contributed by atoms with E-state index in [9.17, 15) is 0 Å². The molecule has 3 nitrogen and oxygen atoms in total. The summed E-state index contributed by atoms with van der Waals surface area (Å²) >= 11 is 3.67. The highest BCUT2D eigenvalue weighted by atomic mass is 79.9. The third kappa shape index (κ3) is 5.27. The Hall–Kier alpha value is -0.350. The molecule has 110 valence electrons. The first-order valence-electron chi connectivity index (χ1n) is 7.38. The maximum atomic E-state index is 4.56. The number of hydrogen-bond donors (Lipinski definition) is 1. The summed E-state index contributed by atoms with van der Waals surface area (Å²) in [7, 11) is 0. The highest BCUT2D eigenvalue weighted by Gasteiger charge is 2.14. The topological polar surface area (TPSA) is 29.9 Å². The maximum absolute atomic E-state index is 4.56. The van der Waals surface area contributed by atoms with Crippen LogP contribution in [0.2, 0.25) is 0 Å². The molecule has 1 aromatic rings. The fourth-order valence-corrected chi connectivity index (χ4v) is 2.68. The van der Waals surface area contributed by atoms with Crippen LogP contribution in [0.15, 0.2) is 4.47 Å². The van der Waals surface area contributed by atoms with Crippen molar-refractivity contribution in [1.82, 2.24) is 15.1 Å². The summed E-state index contributed by atoms with van der Waals surface area (Å²) < 4.78 is 3.31. The van der Waals surface area contributed by atoms with Gasteiger partial charge in [-0.15, -0.1) is 0 Å². The Labute approximate surface area is 126 Å². The van der Waals surface area contributed by atoms with Crippen LogP contribution in [0.3, 0.4) is 0 Å². The second kappa shape index (κ2) is 8.05. The molecular weight excluding hydrogens is 302 g/mol. The molecule has 1 rings (SSSR count). The first-order valence-corrected chi connectivity index (χ1v) is 8.17. The minimum atomic E-state index is 0.678. The number of aromatic nitrogens is 2. The van der Waals surface area contributed by atoms with Crippen molar-refractivity contribution >= 4 is 15.9 Å². The van der Waals surface area contributed by atoms with Gasteiger partial charge in [0.15, 0.2) is 0 Å². The lowest BCUT2D eigenvalue weighted by atomic mass is 10.0. The molecule has 0 aromatic carbocycles. The predicted molar refractivity (Wildman–Crippen MR) is 85.5 cm³/mol. The fraction of sp³-hybridized carbons (Fsp3) is 0.800. The second-order valence-electron chi connectivity index (χ2n) is 5.86. The summed E-state index contributed by atoms with van der Waals surface area (Å²) in [6, 6.07) is 0. The molecule has 1 heterocycles. The lowest BCUT2D eigenvalue weighted by Gasteiger charge is -2.14. The molecule has 0 aliphatic carbocycles. The molecule has 0 aliphatic heterocycles. The summed E-state index contributed by atoms with van der Waals surface area (Å²) in [5, 5.41) is 8.07. The van der Waals surface area contributed by atoms with Crippen LogP contribution in [0, 0.1) is 18.8 Å². The van der Waals surface area contributed by atoms with Gasteiger partial charge < -0.3 is 5.32 Å². The van der Waals surface area contributed by atoms with Gasteiger partial charge in [0.2, 0.25) is 0 Å². The molecule has 1 atom stereocenters. The van der Waals surface area contributed by atoms with Crippen LogP contribution in [-0.2, 0) is 13.0 Å². The Bertz CT molecular complexity index is 385. The molecule has 0 radical (unpaired) electrons. The number of nitrogens with zero attached hydrogens (tertiary/aromatic N) is 2. The normalized spacial score (nSPS) is 13.2. The van der Waals surface area contributed by atoms with E-state index >= 15 is 0 Å². The first kappa shape index (κ1) is 16.7. The van der Waals surface area contributed by atoms with Crippen molar-refractivity contribution in [3.05, 3.63) is 15.9 Å². The van der Waals surface area contributed by atoms with Gasteiger partial charge in [-0.3, -0.25) is 4.68 Å². The van der Waals surface area contributed by atoms with E-state index < -0.39 is 0 Å². The summed E-state index contributed by atoms with van der Waals surface area (Å²) in [5.74, 6) is 1.41. The van der Waals surface area contributed by atoms with Crippen LogP contribution in [0.5, 0.6) is 0 Å². The number of nitrogens with one attached hydrogen (secondary N) is 1. The molecule has 1 unspecified atom stereocenters. The van der Waals surface area contributed by atoms with Gasteiger partial charge >= 0.3 is 0 Å². The zero-order valence-corrected chi connectivity index (χ0v) is 14.5. The molecule has 4 heteroatoms. The summed E-state index contributed by atoms with van der Waals surface area (Å²) in [6.07, 6.45) is 2.31. The van der Waals surface area contributed by atoms with Crippen molar-refractivity contribution in [2.45, 2.75) is 54.0 Å². The molecule has 0 fully saturated rings. The van der Waals surface area contributed by atoms with Gasteiger partial charge in [0, 0.05) is 6.54 Å². The van der Waals surface area contributed by atoms with E-state index in [1.54, 1.807) is 0 Å². The standard InChI is InChI=1S/C15H28BrN3/c1-6-19-14(15(16)13(5)18-19)9-12(4)7-8-17-10-11(2)3/h11-12,17H,6-10H2,1-5H3. The molecule has 19 heavy (non-hydrogen) atoms. The van der Waals surface area contributed by atoms with E-state index in [0.717, 1.165) is 37.7 Å². The van der Waals surface area contributed by atoms with E-state index in [1.807, 2.05) is 0 Å². The van der Waals surface area contributed by atoms with Crippen LogP contribution >= 0.6 is 15.9 Å². The van der Waals surface area contributed by atoms with Gasteiger partial charge in [-0.2, -0.15) is 5.10 Å². The molecule has 1 aromatic heterocycles. The highest BCUT2D eigenvalue weighted by molar-refractivity contribution is 9.10. The van der Waals surface area contributed by atoms with E-state index in [-0.39, 0.29) is 0 Å². The summed E-state index contributed by atoms with van der Waals surface area (Å²) in [4.78, 5) is 0. The zero-order chi connectivity index (χ0) is 14.4. The van der Waals surface area contributed by atoms with Crippen LogP contribution in [0.1, 0.15) is 45.5 Å². The zero-order valence-electron chi connectivity index (χ0n) is 13.0.